The molecule has 1 aromatic rings. The smallest absolute Gasteiger partial charge is 0.151 e. The fourth-order valence-electron chi connectivity index (χ4n) is 2.42. The third-order valence-electron chi connectivity index (χ3n) is 3.53. The predicted octanol–water partition coefficient (Wildman–Crippen LogP) is 0.940. The maximum absolute atomic E-state index is 11.5. The molecule has 0 amide bonds. The minimum atomic E-state index is -2.85. The molecule has 0 aliphatic carbocycles. The van der Waals surface area contributed by atoms with E-state index in [1.54, 1.807) is 0 Å². The van der Waals surface area contributed by atoms with Gasteiger partial charge in [-0.2, -0.15) is 0 Å². The van der Waals surface area contributed by atoms with Crippen LogP contribution < -0.4 is 5.73 Å². The number of rotatable bonds is 4. The first kappa shape index (κ1) is 14.4. The number of hydrogen-bond acceptors (Lipinski definition) is 4. The van der Waals surface area contributed by atoms with Crippen LogP contribution >= 0.6 is 12.2 Å². The molecule has 2 rings (SSSR count). The summed E-state index contributed by atoms with van der Waals surface area (Å²) in [4.78, 5) is 2.45. The summed E-state index contributed by atoms with van der Waals surface area (Å²) in [5.41, 5.74) is 7.61. The van der Waals surface area contributed by atoms with Gasteiger partial charge >= 0.3 is 0 Å². The molecule has 0 aromatic heterocycles. The summed E-state index contributed by atoms with van der Waals surface area (Å²) < 4.78 is 23.0. The molecule has 1 aromatic carbocycles. The Bertz CT molecular complexity index is 584. The molecule has 0 bridgehead atoms. The summed E-state index contributed by atoms with van der Waals surface area (Å²) in [6, 6.07) is 7.81. The van der Waals surface area contributed by atoms with Crippen molar-refractivity contribution in [1.82, 2.24) is 4.90 Å². The number of benzene rings is 1. The fraction of sp³-hybridized carbons (Fsp3) is 0.462. The monoisotopic (exact) mass is 298 g/mol. The Hall–Kier alpha value is -0.980. The average Bonchev–Trinajstić information content (AvgIpc) is 2.70. The van der Waals surface area contributed by atoms with Gasteiger partial charge in [-0.15, -0.1) is 0 Å². The van der Waals surface area contributed by atoms with Crippen LogP contribution in [0.4, 0.5) is 0 Å². The minimum absolute atomic E-state index is 0.0874. The molecule has 1 fully saturated rings. The van der Waals surface area contributed by atoms with E-state index in [0.717, 1.165) is 11.1 Å². The molecular weight excluding hydrogens is 280 g/mol. The summed E-state index contributed by atoms with van der Waals surface area (Å²) in [6.07, 6.45) is 0.702. The predicted molar refractivity (Wildman–Crippen MR) is 80.9 cm³/mol. The molecule has 4 nitrogen and oxygen atoms in total. The van der Waals surface area contributed by atoms with Crippen LogP contribution in [0, 0.1) is 0 Å². The Balaban J connectivity index is 2.12. The van der Waals surface area contributed by atoms with Gasteiger partial charge in [0, 0.05) is 18.2 Å². The van der Waals surface area contributed by atoms with Crippen LogP contribution in [0.3, 0.4) is 0 Å². The van der Waals surface area contributed by atoms with Gasteiger partial charge in [-0.25, -0.2) is 8.42 Å². The Morgan fingerprint density at radius 2 is 2.16 bits per heavy atom. The number of nitrogens with zero attached hydrogens (tertiary/aromatic N) is 1. The van der Waals surface area contributed by atoms with Crippen molar-refractivity contribution in [1.29, 1.82) is 0 Å². The summed E-state index contributed by atoms with van der Waals surface area (Å²) in [6.45, 7) is 0.660. The highest BCUT2D eigenvalue weighted by atomic mass is 32.2. The topological polar surface area (TPSA) is 63.4 Å². The van der Waals surface area contributed by atoms with E-state index < -0.39 is 9.84 Å². The zero-order valence-electron chi connectivity index (χ0n) is 10.9. The number of nitrogens with two attached hydrogens (primary N) is 1. The van der Waals surface area contributed by atoms with E-state index in [9.17, 15) is 8.42 Å². The molecule has 19 heavy (non-hydrogen) atoms. The van der Waals surface area contributed by atoms with Crippen molar-refractivity contribution in [3.05, 3.63) is 35.4 Å². The van der Waals surface area contributed by atoms with Crippen LogP contribution in [-0.4, -0.2) is 42.9 Å². The molecule has 1 atom stereocenters. The van der Waals surface area contributed by atoms with Gasteiger partial charge in [-0.3, -0.25) is 4.90 Å². The third-order valence-corrected chi connectivity index (χ3v) is 5.50. The minimum Gasteiger partial charge on any atom is -0.389 e. The first-order chi connectivity index (χ1) is 8.89. The van der Waals surface area contributed by atoms with E-state index in [-0.39, 0.29) is 11.8 Å². The van der Waals surface area contributed by atoms with Crippen molar-refractivity contribution in [3.8, 4) is 0 Å². The van der Waals surface area contributed by atoms with Crippen LogP contribution in [0.15, 0.2) is 24.3 Å². The molecule has 1 aliphatic rings. The maximum atomic E-state index is 11.5. The Morgan fingerprint density at radius 3 is 2.74 bits per heavy atom. The Labute approximate surface area is 119 Å². The van der Waals surface area contributed by atoms with E-state index in [1.807, 2.05) is 31.3 Å². The van der Waals surface area contributed by atoms with Crippen LogP contribution in [0.1, 0.15) is 17.5 Å². The summed E-state index contributed by atoms with van der Waals surface area (Å²) in [5.74, 6) is 0.539. The maximum Gasteiger partial charge on any atom is 0.151 e. The van der Waals surface area contributed by atoms with Crippen molar-refractivity contribution in [2.24, 2.45) is 5.73 Å². The van der Waals surface area contributed by atoms with Gasteiger partial charge in [-0.1, -0.05) is 36.5 Å². The lowest BCUT2D eigenvalue weighted by atomic mass is 10.1. The molecule has 0 radical (unpaired) electrons. The number of sulfone groups is 1. The highest BCUT2D eigenvalue weighted by Gasteiger charge is 2.30. The second kappa shape index (κ2) is 5.56. The van der Waals surface area contributed by atoms with Gasteiger partial charge in [0.1, 0.15) is 4.99 Å². The molecule has 104 valence electrons. The molecule has 1 saturated heterocycles. The zero-order chi connectivity index (χ0) is 14.0. The van der Waals surface area contributed by atoms with Gasteiger partial charge < -0.3 is 5.73 Å². The van der Waals surface area contributed by atoms with Crippen LogP contribution in [-0.2, 0) is 16.4 Å². The Kier molecular flexibility index (Phi) is 4.23. The van der Waals surface area contributed by atoms with Gasteiger partial charge in [-0.05, 0) is 19.0 Å². The Morgan fingerprint density at radius 1 is 1.47 bits per heavy atom. The average molecular weight is 298 g/mol. The van der Waals surface area contributed by atoms with Gasteiger partial charge in [0.25, 0.3) is 0 Å². The highest BCUT2D eigenvalue weighted by molar-refractivity contribution is 7.91. The van der Waals surface area contributed by atoms with Crippen molar-refractivity contribution in [3.63, 3.8) is 0 Å². The van der Waals surface area contributed by atoms with Gasteiger partial charge in [0.2, 0.25) is 0 Å². The lowest BCUT2D eigenvalue weighted by Gasteiger charge is -2.24. The molecule has 6 heteroatoms. The van der Waals surface area contributed by atoms with E-state index in [0.29, 0.717) is 23.7 Å². The molecule has 0 spiro atoms. The van der Waals surface area contributed by atoms with E-state index >= 15 is 0 Å². The standard InChI is InChI=1S/C13H18N2O2S2/c1-15(11-6-7-19(16,17)9-11)8-10-4-2-3-5-12(10)13(14)18/h2-5,11H,6-9H2,1H3,(H2,14,18). The summed E-state index contributed by atoms with van der Waals surface area (Å²) in [5, 5.41) is 0. The summed E-state index contributed by atoms with van der Waals surface area (Å²) in [7, 11) is -0.905. The van der Waals surface area contributed by atoms with Crippen LogP contribution in [0.5, 0.6) is 0 Å². The molecule has 1 aliphatic heterocycles. The highest BCUT2D eigenvalue weighted by Crippen LogP contribution is 2.19. The first-order valence-corrected chi connectivity index (χ1v) is 8.40. The fourth-order valence-corrected chi connectivity index (χ4v) is 4.42. The second-order valence-corrected chi connectivity index (χ2v) is 7.66. The zero-order valence-corrected chi connectivity index (χ0v) is 12.5. The third kappa shape index (κ3) is 3.52. The van der Waals surface area contributed by atoms with Crippen LogP contribution in [0.2, 0.25) is 0 Å². The number of hydrogen-bond donors (Lipinski definition) is 1. The van der Waals surface area contributed by atoms with E-state index in [2.05, 4.69) is 4.90 Å². The summed E-state index contributed by atoms with van der Waals surface area (Å²) >= 11 is 5.04. The molecule has 2 N–H and O–H groups in total. The van der Waals surface area contributed by atoms with Crippen LogP contribution in [0.25, 0.3) is 0 Å². The van der Waals surface area contributed by atoms with Gasteiger partial charge in [0.15, 0.2) is 9.84 Å². The quantitative estimate of drug-likeness (QED) is 0.838. The normalized spacial score (nSPS) is 21.7. The SMILES string of the molecule is CN(Cc1ccccc1C(N)=S)C1CCS(=O)(=O)C1. The van der Waals surface area contributed by atoms with E-state index in [4.69, 9.17) is 18.0 Å². The largest absolute Gasteiger partial charge is 0.389 e. The molecular formula is C13H18N2O2S2. The van der Waals surface area contributed by atoms with Crippen molar-refractivity contribution < 1.29 is 8.42 Å². The van der Waals surface area contributed by atoms with Crippen molar-refractivity contribution >= 4 is 27.0 Å². The lowest BCUT2D eigenvalue weighted by Crippen LogP contribution is -2.32. The lowest BCUT2D eigenvalue weighted by molar-refractivity contribution is 0.254. The molecule has 1 unspecified atom stereocenters. The number of thiocarbonyl (C=S) groups is 1. The molecule has 0 saturated carbocycles. The molecule has 1 heterocycles. The van der Waals surface area contributed by atoms with Crippen molar-refractivity contribution in [2.75, 3.05) is 18.6 Å². The van der Waals surface area contributed by atoms with Crippen molar-refractivity contribution in [2.45, 2.75) is 19.0 Å². The second-order valence-electron chi connectivity index (χ2n) is 4.99. The van der Waals surface area contributed by atoms with E-state index in [1.165, 1.54) is 0 Å². The van der Waals surface area contributed by atoms with Gasteiger partial charge in [0.05, 0.1) is 11.5 Å². The first-order valence-electron chi connectivity index (χ1n) is 6.17.